The van der Waals surface area contributed by atoms with Crippen LogP contribution in [0.15, 0.2) is 18.2 Å². The van der Waals surface area contributed by atoms with Crippen LogP contribution >= 0.6 is 46.4 Å². The number of benzene rings is 2. The molecule has 2 aromatic carbocycles. The summed E-state index contributed by atoms with van der Waals surface area (Å²) in [6, 6.07) is 4.21. The van der Waals surface area contributed by atoms with E-state index in [2.05, 4.69) is 5.32 Å². The third kappa shape index (κ3) is 6.32. The van der Waals surface area contributed by atoms with Crippen LogP contribution in [0.2, 0.25) is 20.1 Å². The van der Waals surface area contributed by atoms with Gasteiger partial charge in [0.15, 0.2) is 6.61 Å². The topological polar surface area (TPSA) is 136 Å². The second kappa shape index (κ2) is 12.1. The van der Waals surface area contributed by atoms with Crippen LogP contribution < -0.4 is 5.32 Å². The number of ether oxygens (including phenoxy) is 1. The summed E-state index contributed by atoms with van der Waals surface area (Å²) >= 11 is 24.2. The van der Waals surface area contributed by atoms with E-state index in [1.807, 2.05) is 0 Å². The van der Waals surface area contributed by atoms with Crippen LogP contribution in [0.4, 0.5) is 11.4 Å². The average Bonchev–Trinajstić information content (AvgIpc) is 3.10. The first-order valence-electron chi connectivity index (χ1n) is 10.9. The van der Waals surface area contributed by atoms with E-state index in [1.54, 1.807) is 6.92 Å². The first-order chi connectivity index (χ1) is 17.4. The number of hydrogen-bond donors (Lipinski definition) is 1. The van der Waals surface area contributed by atoms with E-state index in [9.17, 15) is 29.3 Å². The summed E-state index contributed by atoms with van der Waals surface area (Å²) in [4.78, 5) is 60.7. The smallest absolute Gasteiger partial charge is 0.306 e. The second-order valence-corrected chi connectivity index (χ2v) is 9.56. The van der Waals surface area contributed by atoms with Crippen LogP contribution in [-0.4, -0.2) is 46.7 Å². The molecule has 3 rings (SSSR count). The fraction of sp³-hybridized carbons (Fsp3) is 0.304. The lowest BCUT2D eigenvalue weighted by Gasteiger charge is -2.13. The molecule has 196 valence electrons. The molecule has 10 nitrogen and oxygen atoms in total. The lowest BCUT2D eigenvalue weighted by Crippen LogP contribution is -2.30. The molecule has 1 aliphatic rings. The van der Waals surface area contributed by atoms with Crippen molar-refractivity contribution in [1.29, 1.82) is 0 Å². The van der Waals surface area contributed by atoms with E-state index in [1.165, 1.54) is 18.2 Å². The first kappa shape index (κ1) is 28.6. The van der Waals surface area contributed by atoms with Crippen LogP contribution in [0.1, 0.15) is 52.0 Å². The Morgan fingerprint density at radius 1 is 0.973 bits per heavy atom. The maximum atomic E-state index is 12.7. The highest BCUT2D eigenvalue weighted by atomic mass is 35.5. The van der Waals surface area contributed by atoms with Gasteiger partial charge in [-0.15, -0.1) is 0 Å². The number of carbonyl (C=O) groups is 4. The van der Waals surface area contributed by atoms with E-state index < -0.39 is 35.2 Å². The molecule has 0 atom stereocenters. The molecule has 14 heteroatoms. The lowest BCUT2D eigenvalue weighted by atomic mass is 10.1. The first-order valence-corrected chi connectivity index (χ1v) is 12.4. The van der Waals surface area contributed by atoms with Crippen molar-refractivity contribution in [2.75, 3.05) is 18.5 Å². The number of hydrogen-bond acceptors (Lipinski definition) is 7. The van der Waals surface area contributed by atoms with Crippen molar-refractivity contribution in [3.63, 3.8) is 0 Å². The summed E-state index contributed by atoms with van der Waals surface area (Å²) in [6.45, 7) is 1.08. The summed E-state index contributed by atoms with van der Waals surface area (Å²) < 4.78 is 4.92. The minimum absolute atomic E-state index is 0.00821. The second-order valence-electron chi connectivity index (χ2n) is 8.05. The van der Waals surface area contributed by atoms with Gasteiger partial charge in [0.1, 0.15) is 0 Å². The highest BCUT2D eigenvalue weighted by molar-refractivity contribution is 6.55. The Morgan fingerprint density at radius 2 is 1.57 bits per heavy atom. The third-order valence-electron chi connectivity index (χ3n) is 5.50. The van der Waals surface area contributed by atoms with Crippen molar-refractivity contribution in [1.82, 2.24) is 4.90 Å². The number of rotatable bonds is 10. The predicted molar refractivity (Wildman–Crippen MR) is 138 cm³/mol. The molecule has 0 saturated heterocycles. The van der Waals surface area contributed by atoms with E-state index >= 15 is 0 Å². The van der Waals surface area contributed by atoms with Crippen LogP contribution in [0.5, 0.6) is 0 Å². The van der Waals surface area contributed by atoms with Crippen molar-refractivity contribution < 1.29 is 28.8 Å². The highest BCUT2D eigenvalue weighted by Gasteiger charge is 2.41. The van der Waals surface area contributed by atoms with Gasteiger partial charge in [-0.1, -0.05) is 58.9 Å². The van der Waals surface area contributed by atoms with Crippen molar-refractivity contribution in [2.24, 2.45) is 0 Å². The maximum Gasteiger partial charge on any atom is 0.306 e. The van der Waals surface area contributed by atoms with Gasteiger partial charge in [-0.05, 0) is 25.8 Å². The molecular formula is C23H19Cl4N3O7. The molecule has 1 aliphatic heterocycles. The predicted octanol–water partition coefficient (Wildman–Crippen LogP) is 5.86. The molecule has 0 unspecified atom stereocenters. The number of imide groups is 1. The van der Waals surface area contributed by atoms with Gasteiger partial charge in [0.05, 0.1) is 36.1 Å². The van der Waals surface area contributed by atoms with Crippen LogP contribution in [0, 0.1) is 17.0 Å². The van der Waals surface area contributed by atoms with Gasteiger partial charge >= 0.3 is 5.97 Å². The Kier molecular flexibility index (Phi) is 9.36. The number of halogens is 4. The molecule has 2 aromatic rings. The van der Waals surface area contributed by atoms with Gasteiger partial charge in [0.2, 0.25) is 0 Å². The molecule has 3 amide bonds. The summed E-state index contributed by atoms with van der Waals surface area (Å²) in [6.07, 6.45) is 1.26. The summed E-state index contributed by atoms with van der Waals surface area (Å²) in [5.41, 5.74) is 0.327. The van der Waals surface area contributed by atoms with Crippen molar-refractivity contribution >= 4 is 81.5 Å². The molecule has 0 radical (unpaired) electrons. The number of aryl methyl sites for hydroxylation is 1. The SMILES string of the molecule is Cc1ccc(NC(=O)COC(=O)CCCCCN2C(=O)c3c(Cl)c(Cl)c(Cl)c(Cl)c3C2=O)cc1[N+](=O)[O-]. The Morgan fingerprint density at radius 3 is 2.14 bits per heavy atom. The summed E-state index contributed by atoms with van der Waals surface area (Å²) in [5, 5.41) is 12.9. The van der Waals surface area contributed by atoms with Crippen LogP contribution in [-0.2, 0) is 14.3 Å². The monoisotopic (exact) mass is 589 g/mol. The van der Waals surface area contributed by atoms with E-state index in [4.69, 9.17) is 51.1 Å². The largest absolute Gasteiger partial charge is 0.456 e. The van der Waals surface area contributed by atoms with Gasteiger partial charge in [0, 0.05) is 30.3 Å². The van der Waals surface area contributed by atoms with Crippen molar-refractivity contribution in [3.05, 3.63) is 65.1 Å². The molecule has 0 aliphatic carbocycles. The van der Waals surface area contributed by atoms with Crippen LogP contribution in [0.3, 0.4) is 0 Å². The number of nitrogens with zero attached hydrogens (tertiary/aromatic N) is 2. The lowest BCUT2D eigenvalue weighted by molar-refractivity contribution is -0.385. The number of nitro benzene ring substituents is 1. The zero-order valence-corrected chi connectivity index (χ0v) is 22.3. The van der Waals surface area contributed by atoms with Gasteiger partial charge in [0.25, 0.3) is 23.4 Å². The Labute approximate surface area is 230 Å². The fourth-order valence-electron chi connectivity index (χ4n) is 3.61. The van der Waals surface area contributed by atoms with Gasteiger partial charge < -0.3 is 10.1 Å². The molecule has 0 bridgehead atoms. The highest BCUT2D eigenvalue weighted by Crippen LogP contribution is 2.44. The third-order valence-corrected chi connectivity index (χ3v) is 7.30. The molecule has 0 spiro atoms. The molecule has 0 fully saturated rings. The Balaban J connectivity index is 1.41. The molecule has 1 N–H and O–H groups in total. The van der Waals surface area contributed by atoms with Gasteiger partial charge in [-0.3, -0.25) is 34.2 Å². The number of amides is 3. The number of fused-ring (bicyclic) bond motifs is 1. The Bertz CT molecular complexity index is 1270. The number of esters is 1. The van der Waals surface area contributed by atoms with E-state index in [0.717, 1.165) is 4.90 Å². The number of anilines is 1. The van der Waals surface area contributed by atoms with E-state index in [0.29, 0.717) is 24.8 Å². The molecule has 37 heavy (non-hydrogen) atoms. The molecule has 0 aromatic heterocycles. The van der Waals surface area contributed by atoms with Crippen molar-refractivity contribution in [2.45, 2.75) is 32.6 Å². The van der Waals surface area contributed by atoms with Crippen molar-refractivity contribution in [3.8, 4) is 0 Å². The number of nitrogens with one attached hydrogen (secondary N) is 1. The summed E-state index contributed by atoms with van der Waals surface area (Å²) in [5.74, 6) is -2.52. The van der Waals surface area contributed by atoms with Gasteiger partial charge in [-0.25, -0.2) is 0 Å². The zero-order chi connectivity index (χ0) is 27.4. The Hall–Kier alpha value is -2.92. The molecule has 0 saturated carbocycles. The fourth-order valence-corrected chi connectivity index (χ4v) is 4.63. The quantitative estimate of drug-likeness (QED) is 0.0696. The minimum atomic E-state index is -0.644. The maximum absolute atomic E-state index is 12.7. The standard InChI is InChI=1S/C23H19Cl4N3O7/c1-11-6-7-12(9-13(11)30(35)36)28-14(31)10-37-15(32)5-3-2-4-8-29-22(33)16-17(23(29)34)19(25)21(27)20(26)18(16)24/h6-7,9H,2-5,8,10H2,1H3,(H,28,31). The van der Waals surface area contributed by atoms with E-state index in [-0.39, 0.29) is 55.6 Å². The zero-order valence-electron chi connectivity index (χ0n) is 19.2. The van der Waals surface area contributed by atoms with Crippen LogP contribution in [0.25, 0.3) is 0 Å². The number of unbranched alkanes of at least 4 members (excludes halogenated alkanes) is 2. The van der Waals surface area contributed by atoms with Gasteiger partial charge in [-0.2, -0.15) is 0 Å². The minimum Gasteiger partial charge on any atom is -0.456 e. The summed E-state index contributed by atoms with van der Waals surface area (Å²) in [7, 11) is 0. The normalized spacial score (nSPS) is 12.5. The average molecular weight is 591 g/mol. The molecular weight excluding hydrogens is 572 g/mol. The number of carbonyl (C=O) groups excluding carboxylic acids is 4. The molecule has 1 heterocycles. The number of nitro groups is 1.